The van der Waals surface area contributed by atoms with Crippen LogP contribution in [0.4, 0.5) is 0 Å². The summed E-state index contributed by atoms with van der Waals surface area (Å²) in [5, 5.41) is 11.6. The van der Waals surface area contributed by atoms with Gasteiger partial charge < -0.3 is 10.2 Å². The molecule has 0 aliphatic carbocycles. The van der Waals surface area contributed by atoms with Gasteiger partial charge in [-0.3, -0.25) is 9.48 Å². The summed E-state index contributed by atoms with van der Waals surface area (Å²) < 4.78 is 3.65. The first-order valence-electron chi connectivity index (χ1n) is 7.43. The molecule has 8 heteroatoms. The summed E-state index contributed by atoms with van der Waals surface area (Å²) in [6.07, 6.45) is 7.18. The molecule has 0 saturated heterocycles. The van der Waals surface area contributed by atoms with Crippen molar-refractivity contribution in [3.8, 4) is 0 Å². The van der Waals surface area contributed by atoms with Crippen LogP contribution in [0.1, 0.15) is 17.8 Å². The molecule has 1 atom stereocenters. The molecule has 3 heterocycles. The van der Waals surface area contributed by atoms with E-state index in [1.807, 2.05) is 25.0 Å². The average molecular weight is 303 g/mol. The fourth-order valence-corrected chi connectivity index (χ4v) is 2.69. The van der Waals surface area contributed by atoms with E-state index in [2.05, 4.69) is 20.5 Å². The van der Waals surface area contributed by atoms with Crippen LogP contribution in [0.3, 0.4) is 0 Å². The van der Waals surface area contributed by atoms with E-state index in [1.54, 1.807) is 22.1 Å². The summed E-state index contributed by atoms with van der Waals surface area (Å²) in [4.78, 5) is 18.1. The maximum absolute atomic E-state index is 12.2. The van der Waals surface area contributed by atoms with Crippen molar-refractivity contribution in [2.75, 3.05) is 13.6 Å². The summed E-state index contributed by atoms with van der Waals surface area (Å²) in [5.41, 5.74) is 1.03. The summed E-state index contributed by atoms with van der Waals surface area (Å²) in [6.45, 7) is 1.69. The van der Waals surface area contributed by atoms with E-state index in [1.165, 1.54) is 0 Å². The van der Waals surface area contributed by atoms with E-state index in [0.29, 0.717) is 13.1 Å². The van der Waals surface area contributed by atoms with Crippen LogP contribution in [0.5, 0.6) is 0 Å². The van der Waals surface area contributed by atoms with Crippen molar-refractivity contribution in [2.45, 2.75) is 32.0 Å². The second kappa shape index (κ2) is 6.27. The van der Waals surface area contributed by atoms with Gasteiger partial charge in [0.15, 0.2) is 0 Å². The lowest BCUT2D eigenvalue weighted by atomic mass is 10.1. The smallest absolute Gasteiger partial charge is 0.236 e. The number of nitrogens with zero attached hydrogens (tertiary/aromatic N) is 6. The molecule has 2 aromatic rings. The predicted octanol–water partition coefficient (Wildman–Crippen LogP) is -0.425. The van der Waals surface area contributed by atoms with Crippen LogP contribution < -0.4 is 5.32 Å². The molecule has 0 spiro atoms. The van der Waals surface area contributed by atoms with Gasteiger partial charge in [0.1, 0.15) is 12.2 Å². The summed E-state index contributed by atoms with van der Waals surface area (Å²) >= 11 is 0. The van der Waals surface area contributed by atoms with Crippen molar-refractivity contribution in [2.24, 2.45) is 7.05 Å². The molecule has 118 valence electrons. The van der Waals surface area contributed by atoms with Crippen molar-refractivity contribution in [1.29, 1.82) is 0 Å². The van der Waals surface area contributed by atoms with Crippen LogP contribution in [0.2, 0.25) is 0 Å². The third-order valence-corrected chi connectivity index (χ3v) is 3.95. The second-order valence-corrected chi connectivity index (χ2v) is 5.75. The molecule has 1 aliphatic heterocycles. The monoisotopic (exact) mass is 303 g/mol. The molecule has 22 heavy (non-hydrogen) atoms. The minimum Gasteiger partial charge on any atom is -0.340 e. The Kier molecular flexibility index (Phi) is 4.19. The summed E-state index contributed by atoms with van der Waals surface area (Å²) in [5.74, 6) is 1.10. The zero-order valence-corrected chi connectivity index (χ0v) is 12.9. The standard InChI is InChI=1S/C14H21N7O/c1-19(7-11-5-17-20(2)8-11)14(22)6-15-12-3-4-13-16-10-18-21(13)9-12/h5,8,10,12,15H,3-4,6-7,9H2,1-2H3. The molecule has 2 aromatic heterocycles. The molecule has 1 aliphatic rings. The molecule has 1 N–H and O–H groups in total. The lowest BCUT2D eigenvalue weighted by Gasteiger charge is -2.24. The van der Waals surface area contributed by atoms with Crippen LogP contribution in [0, 0.1) is 0 Å². The minimum absolute atomic E-state index is 0.0771. The third kappa shape index (κ3) is 3.33. The van der Waals surface area contributed by atoms with Gasteiger partial charge in [0.2, 0.25) is 5.91 Å². The lowest BCUT2D eigenvalue weighted by molar-refractivity contribution is -0.129. The zero-order valence-electron chi connectivity index (χ0n) is 12.9. The minimum atomic E-state index is 0.0771. The number of carbonyl (C=O) groups excluding carboxylic acids is 1. The highest BCUT2D eigenvalue weighted by atomic mass is 16.2. The van der Waals surface area contributed by atoms with Gasteiger partial charge in [-0.2, -0.15) is 10.2 Å². The number of carbonyl (C=O) groups is 1. The Morgan fingerprint density at radius 2 is 2.36 bits per heavy atom. The average Bonchev–Trinajstić information content (AvgIpc) is 3.12. The van der Waals surface area contributed by atoms with Crippen molar-refractivity contribution in [1.82, 2.24) is 34.8 Å². The fraction of sp³-hybridized carbons (Fsp3) is 0.571. The van der Waals surface area contributed by atoms with E-state index >= 15 is 0 Å². The molecule has 0 fully saturated rings. The number of nitrogens with one attached hydrogen (secondary N) is 1. The van der Waals surface area contributed by atoms with Gasteiger partial charge in [0.25, 0.3) is 0 Å². The molecule has 0 radical (unpaired) electrons. The number of hydrogen-bond acceptors (Lipinski definition) is 5. The Labute approximate surface area is 129 Å². The highest BCUT2D eigenvalue weighted by Gasteiger charge is 2.20. The van der Waals surface area contributed by atoms with E-state index in [4.69, 9.17) is 0 Å². The molecular weight excluding hydrogens is 282 g/mol. The van der Waals surface area contributed by atoms with E-state index in [-0.39, 0.29) is 11.9 Å². The Morgan fingerprint density at radius 3 is 3.14 bits per heavy atom. The first-order chi connectivity index (χ1) is 10.6. The molecule has 0 aromatic carbocycles. The Bertz CT molecular complexity index is 647. The number of amides is 1. The van der Waals surface area contributed by atoms with Gasteiger partial charge in [-0.05, 0) is 6.42 Å². The first-order valence-corrected chi connectivity index (χ1v) is 7.43. The normalized spacial score (nSPS) is 17.3. The van der Waals surface area contributed by atoms with Crippen LogP contribution in [-0.2, 0) is 31.4 Å². The summed E-state index contributed by atoms with van der Waals surface area (Å²) in [6, 6.07) is 0.268. The molecule has 1 unspecified atom stereocenters. The van der Waals surface area contributed by atoms with Crippen LogP contribution >= 0.6 is 0 Å². The van der Waals surface area contributed by atoms with E-state index < -0.39 is 0 Å². The van der Waals surface area contributed by atoms with Crippen molar-refractivity contribution in [3.63, 3.8) is 0 Å². The molecule has 1 amide bonds. The van der Waals surface area contributed by atoms with E-state index in [9.17, 15) is 4.79 Å². The van der Waals surface area contributed by atoms with Gasteiger partial charge in [-0.25, -0.2) is 9.67 Å². The Morgan fingerprint density at radius 1 is 1.50 bits per heavy atom. The maximum atomic E-state index is 12.2. The second-order valence-electron chi connectivity index (χ2n) is 5.75. The van der Waals surface area contributed by atoms with Gasteiger partial charge in [0.05, 0.1) is 19.3 Å². The number of hydrogen-bond donors (Lipinski definition) is 1. The molecule has 3 rings (SSSR count). The van der Waals surface area contributed by atoms with Crippen molar-refractivity contribution in [3.05, 3.63) is 30.1 Å². The van der Waals surface area contributed by atoms with Crippen LogP contribution in [0.25, 0.3) is 0 Å². The summed E-state index contributed by atoms with van der Waals surface area (Å²) in [7, 11) is 3.68. The topological polar surface area (TPSA) is 80.9 Å². The highest BCUT2D eigenvalue weighted by Crippen LogP contribution is 2.11. The quantitative estimate of drug-likeness (QED) is 0.811. The SMILES string of the molecule is CN(Cc1cnn(C)c1)C(=O)CNC1CCc2ncnn2C1. The first kappa shape index (κ1) is 14.7. The lowest BCUT2D eigenvalue weighted by Crippen LogP contribution is -2.43. The van der Waals surface area contributed by atoms with Crippen LogP contribution in [0.15, 0.2) is 18.7 Å². The van der Waals surface area contributed by atoms with Crippen LogP contribution in [-0.4, -0.2) is 55.0 Å². The van der Waals surface area contributed by atoms with Gasteiger partial charge in [-0.1, -0.05) is 0 Å². The third-order valence-electron chi connectivity index (χ3n) is 3.95. The molecule has 8 nitrogen and oxygen atoms in total. The van der Waals surface area contributed by atoms with E-state index in [0.717, 1.165) is 30.8 Å². The Balaban J connectivity index is 1.46. The number of rotatable bonds is 5. The number of likely N-dealkylation sites (N-methyl/N-ethyl adjacent to an activating group) is 1. The fourth-order valence-electron chi connectivity index (χ4n) is 2.69. The predicted molar refractivity (Wildman–Crippen MR) is 79.8 cm³/mol. The highest BCUT2D eigenvalue weighted by molar-refractivity contribution is 5.77. The maximum Gasteiger partial charge on any atom is 0.236 e. The van der Waals surface area contributed by atoms with Crippen molar-refractivity contribution < 1.29 is 4.79 Å². The molecule has 0 bridgehead atoms. The largest absolute Gasteiger partial charge is 0.340 e. The number of aryl methyl sites for hydroxylation is 2. The molecule has 0 saturated carbocycles. The number of fused-ring (bicyclic) bond motifs is 1. The van der Waals surface area contributed by atoms with Gasteiger partial charge in [-0.15, -0.1) is 0 Å². The number of aromatic nitrogens is 5. The van der Waals surface area contributed by atoms with Gasteiger partial charge >= 0.3 is 0 Å². The van der Waals surface area contributed by atoms with Crippen molar-refractivity contribution >= 4 is 5.91 Å². The zero-order chi connectivity index (χ0) is 15.5. The molecular formula is C14H21N7O. The Hall–Kier alpha value is -2.22. The van der Waals surface area contributed by atoms with Gasteiger partial charge in [0, 0.05) is 44.9 Å².